The van der Waals surface area contributed by atoms with E-state index in [9.17, 15) is 14.0 Å². The van der Waals surface area contributed by atoms with Crippen molar-refractivity contribution in [3.8, 4) is 5.75 Å². The number of rotatable bonds is 6. The smallest absolute Gasteiger partial charge is 0.325 e. The Morgan fingerprint density at radius 3 is 2.63 bits per heavy atom. The van der Waals surface area contributed by atoms with Crippen LogP contribution < -0.4 is 15.0 Å². The average Bonchev–Trinajstić information content (AvgIpc) is 2.99. The van der Waals surface area contributed by atoms with Gasteiger partial charge in [-0.2, -0.15) is 0 Å². The minimum absolute atomic E-state index is 0.0817. The van der Waals surface area contributed by atoms with Crippen LogP contribution in [0, 0.1) is 5.82 Å². The Kier molecular flexibility index (Phi) is 5.95. The third-order valence-corrected chi connectivity index (χ3v) is 4.59. The Morgan fingerprint density at radius 1 is 1.22 bits per heavy atom. The first-order valence-corrected chi connectivity index (χ1v) is 9.31. The summed E-state index contributed by atoms with van der Waals surface area (Å²) in [5, 5.41) is 2.50. The van der Waals surface area contributed by atoms with Gasteiger partial charge in [-0.15, -0.1) is 0 Å². The molecular formula is C19H19BrFN3O3. The normalized spacial score (nSPS) is 13.8. The van der Waals surface area contributed by atoms with E-state index >= 15 is 0 Å². The Morgan fingerprint density at radius 2 is 1.96 bits per heavy atom. The fourth-order valence-corrected chi connectivity index (χ4v) is 3.14. The van der Waals surface area contributed by atoms with Gasteiger partial charge >= 0.3 is 6.03 Å². The lowest BCUT2D eigenvalue weighted by molar-refractivity contribution is -0.116. The molecule has 1 N–H and O–H groups in total. The Labute approximate surface area is 165 Å². The van der Waals surface area contributed by atoms with Gasteiger partial charge in [0.05, 0.1) is 12.3 Å². The third kappa shape index (κ3) is 4.57. The third-order valence-electron chi connectivity index (χ3n) is 4.09. The molecule has 2 aromatic rings. The van der Waals surface area contributed by atoms with Gasteiger partial charge in [0.2, 0.25) is 5.91 Å². The largest absolute Gasteiger partial charge is 0.494 e. The molecule has 142 valence electrons. The van der Waals surface area contributed by atoms with Crippen LogP contribution in [0.2, 0.25) is 0 Å². The summed E-state index contributed by atoms with van der Waals surface area (Å²) in [6.07, 6.45) is 0. The van der Waals surface area contributed by atoms with Gasteiger partial charge in [-0.3, -0.25) is 9.69 Å². The molecule has 0 aliphatic carbocycles. The second-order valence-corrected chi connectivity index (χ2v) is 6.87. The molecule has 1 saturated heterocycles. The van der Waals surface area contributed by atoms with Crippen LogP contribution in [0.1, 0.15) is 6.92 Å². The summed E-state index contributed by atoms with van der Waals surface area (Å²) in [6.45, 7) is 3.24. The second kappa shape index (κ2) is 8.39. The van der Waals surface area contributed by atoms with Crippen molar-refractivity contribution < 1.29 is 18.7 Å². The van der Waals surface area contributed by atoms with Crippen molar-refractivity contribution in [3.63, 3.8) is 0 Å². The van der Waals surface area contributed by atoms with Crippen molar-refractivity contribution in [2.75, 3.05) is 36.5 Å². The minimum atomic E-state index is -0.540. The van der Waals surface area contributed by atoms with E-state index in [1.807, 2.05) is 19.1 Å². The number of anilines is 2. The number of amides is 3. The molecule has 1 heterocycles. The lowest BCUT2D eigenvalue weighted by atomic mass is 10.3. The predicted molar refractivity (Wildman–Crippen MR) is 105 cm³/mol. The van der Waals surface area contributed by atoms with Gasteiger partial charge in [0, 0.05) is 23.2 Å². The van der Waals surface area contributed by atoms with Gasteiger partial charge in [0.25, 0.3) is 0 Å². The molecule has 6 nitrogen and oxygen atoms in total. The highest BCUT2D eigenvalue weighted by Crippen LogP contribution is 2.24. The van der Waals surface area contributed by atoms with Gasteiger partial charge < -0.3 is 15.0 Å². The van der Waals surface area contributed by atoms with E-state index in [4.69, 9.17) is 4.74 Å². The monoisotopic (exact) mass is 435 g/mol. The number of nitrogens with one attached hydrogen (secondary N) is 1. The summed E-state index contributed by atoms with van der Waals surface area (Å²) in [4.78, 5) is 27.8. The highest BCUT2D eigenvalue weighted by Gasteiger charge is 2.31. The minimum Gasteiger partial charge on any atom is -0.494 e. The van der Waals surface area contributed by atoms with E-state index in [0.29, 0.717) is 24.2 Å². The highest BCUT2D eigenvalue weighted by atomic mass is 79.9. The fourth-order valence-electron chi connectivity index (χ4n) is 2.81. The molecule has 0 spiro atoms. The summed E-state index contributed by atoms with van der Waals surface area (Å²) in [5.41, 5.74) is 0.823. The van der Waals surface area contributed by atoms with Crippen LogP contribution in [-0.2, 0) is 4.79 Å². The maximum absolute atomic E-state index is 13.8. The topological polar surface area (TPSA) is 61.9 Å². The molecule has 3 rings (SSSR count). The molecule has 2 aromatic carbocycles. The summed E-state index contributed by atoms with van der Waals surface area (Å²) in [5.74, 6) is -0.250. The average molecular weight is 436 g/mol. The van der Waals surface area contributed by atoms with Gasteiger partial charge in [-0.05, 0) is 49.4 Å². The number of nitrogens with zero attached hydrogens (tertiary/aromatic N) is 2. The maximum Gasteiger partial charge on any atom is 0.325 e. The molecule has 0 saturated carbocycles. The Balaban J connectivity index is 1.60. The van der Waals surface area contributed by atoms with Gasteiger partial charge in [0.15, 0.2) is 0 Å². The first-order chi connectivity index (χ1) is 13.0. The zero-order valence-corrected chi connectivity index (χ0v) is 16.3. The SMILES string of the molecule is CCOc1ccc(N2CCN(CC(=O)Nc3ccc(Br)cc3F)C2=O)cc1. The number of carbonyl (C=O) groups is 2. The zero-order chi connectivity index (χ0) is 19.4. The number of hydrogen-bond donors (Lipinski definition) is 1. The lowest BCUT2D eigenvalue weighted by Crippen LogP contribution is -2.37. The summed E-state index contributed by atoms with van der Waals surface area (Å²) in [6, 6.07) is 11.3. The van der Waals surface area contributed by atoms with Gasteiger partial charge in [-0.1, -0.05) is 15.9 Å². The molecule has 3 amide bonds. The first-order valence-electron chi connectivity index (χ1n) is 8.52. The molecule has 0 radical (unpaired) electrons. The molecule has 27 heavy (non-hydrogen) atoms. The van der Waals surface area contributed by atoms with E-state index in [2.05, 4.69) is 21.2 Å². The molecule has 1 aliphatic heterocycles. The van der Waals surface area contributed by atoms with Crippen molar-refractivity contribution in [1.82, 2.24) is 4.90 Å². The van der Waals surface area contributed by atoms with Crippen LogP contribution in [0.5, 0.6) is 5.75 Å². The number of ether oxygens (including phenoxy) is 1. The quantitative estimate of drug-likeness (QED) is 0.748. The van der Waals surface area contributed by atoms with Crippen LogP contribution in [0.25, 0.3) is 0 Å². The number of benzene rings is 2. The number of hydrogen-bond acceptors (Lipinski definition) is 3. The number of halogens is 2. The molecule has 0 aromatic heterocycles. The van der Waals surface area contributed by atoms with E-state index in [1.54, 1.807) is 23.1 Å². The van der Waals surface area contributed by atoms with Crippen molar-refractivity contribution in [2.45, 2.75) is 6.92 Å². The van der Waals surface area contributed by atoms with Crippen LogP contribution in [0.3, 0.4) is 0 Å². The second-order valence-electron chi connectivity index (χ2n) is 5.96. The van der Waals surface area contributed by atoms with E-state index in [0.717, 1.165) is 11.4 Å². The molecule has 0 unspecified atom stereocenters. The molecule has 0 atom stereocenters. The van der Waals surface area contributed by atoms with Crippen molar-refractivity contribution in [1.29, 1.82) is 0 Å². The summed E-state index contributed by atoms with van der Waals surface area (Å²) < 4.78 is 19.8. The van der Waals surface area contributed by atoms with Crippen molar-refractivity contribution in [3.05, 3.63) is 52.8 Å². The number of carbonyl (C=O) groups excluding carboxylic acids is 2. The molecular weight excluding hydrogens is 417 g/mol. The van der Waals surface area contributed by atoms with E-state index < -0.39 is 11.7 Å². The highest BCUT2D eigenvalue weighted by molar-refractivity contribution is 9.10. The predicted octanol–water partition coefficient (Wildman–Crippen LogP) is 3.87. The lowest BCUT2D eigenvalue weighted by Gasteiger charge is -2.19. The van der Waals surface area contributed by atoms with Crippen LogP contribution in [0.4, 0.5) is 20.6 Å². The molecule has 0 bridgehead atoms. The van der Waals surface area contributed by atoms with E-state index in [1.165, 1.54) is 17.0 Å². The van der Waals surface area contributed by atoms with Gasteiger partial charge in [0.1, 0.15) is 18.1 Å². The van der Waals surface area contributed by atoms with Crippen molar-refractivity contribution >= 4 is 39.2 Å². The molecule has 1 aliphatic rings. The maximum atomic E-state index is 13.8. The zero-order valence-electron chi connectivity index (χ0n) is 14.7. The Bertz CT molecular complexity index is 845. The first kappa shape index (κ1) is 19.2. The molecule has 1 fully saturated rings. The standard InChI is InChI=1S/C19H19BrFN3O3/c1-2-27-15-6-4-14(5-7-15)24-10-9-23(19(24)26)12-18(25)22-17-8-3-13(20)11-16(17)21/h3-8,11H,2,9-10,12H2,1H3,(H,22,25). The summed E-state index contributed by atoms with van der Waals surface area (Å²) >= 11 is 3.16. The van der Waals surface area contributed by atoms with Crippen LogP contribution in [0.15, 0.2) is 46.9 Å². The van der Waals surface area contributed by atoms with Crippen LogP contribution in [-0.4, -0.2) is 43.1 Å². The summed E-state index contributed by atoms with van der Waals surface area (Å²) in [7, 11) is 0. The van der Waals surface area contributed by atoms with Crippen LogP contribution >= 0.6 is 15.9 Å². The fraction of sp³-hybridized carbons (Fsp3) is 0.263. The van der Waals surface area contributed by atoms with Crippen molar-refractivity contribution in [2.24, 2.45) is 0 Å². The van der Waals surface area contributed by atoms with E-state index in [-0.39, 0.29) is 18.3 Å². The Hall–Kier alpha value is -2.61. The molecule has 8 heteroatoms. The number of urea groups is 1. The van der Waals surface area contributed by atoms with Gasteiger partial charge in [-0.25, -0.2) is 9.18 Å².